The van der Waals surface area contributed by atoms with Crippen LogP contribution in [0.1, 0.15) is 62.3 Å². The minimum Gasteiger partial charge on any atom is -0.487 e. The summed E-state index contributed by atoms with van der Waals surface area (Å²) in [5, 5.41) is 13.2. The number of hydrogen-bond donors (Lipinski definition) is 1. The maximum atomic E-state index is 11.4. The third kappa shape index (κ3) is 3.60. The quantitative estimate of drug-likeness (QED) is 0.907. The van der Waals surface area contributed by atoms with Gasteiger partial charge in [0.15, 0.2) is 6.61 Å². The summed E-state index contributed by atoms with van der Waals surface area (Å²) in [4.78, 5) is 15.7. The van der Waals surface area contributed by atoms with Crippen molar-refractivity contribution in [3.63, 3.8) is 0 Å². The number of benzene rings is 1. The molecular formula is C18H22N2O5. The molecule has 1 N–H and O–H groups in total. The molecule has 0 radical (unpaired) electrons. The number of carbonyl (C=O) groups is 1. The van der Waals surface area contributed by atoms with Crippen molar-refractivity contribution in [3.05, 3.63) is 35.0 Å². The van der Waals surface area contributed by atoms with Crippen molar-refractivity contribution in [3.8, 4) is 11.5 Å². The summed E-state index contributed by atoms with van der Waals surface area (Å²) >= 11 is 0. The van der Waals surface area contributed by atoms with Crippen molar-refractivity contribution in [1.29, 1.82) is 0 Å². The van der Waals surface area contributed by atoms with Crippen LogP contribution in [0, 0.1) is 0 Å². The van der Waals surface area contributed by atoms with Gasteiger partial charge in [0.2, 0.25) is 11.7 Å². The van der Waals surface area contributed by atoms with E-state index in [4.69, 9.17) is 14.0 Å². The van der Waals surface area contributed by atoms with E-state index in [2.05, 4.69) is 10.1 Å². The number of aromatic nitrogens is 2. The topological polar surface area (TPSA) is 94.7 Å². The number of carboxylic acids is 1. The monoisotopic (exact) mass is 346 g/mol. The van der Waals surface area contributed by atoms with E-state index in [9.17, 15) is 9.90 Å². The molecule has 2 aromatic rings. The molecule has 1 aliphatic heterocycles. The summed E-state index contributed by atoms with van der Waals surface area (Å²) in [7, 11) is 0. The summed E-state index contributed by atoms with van der Waals surface area (Å²) in [6.45, 7) is 9.93. The molecule has 25 heavy (non-hydrogen) atoms. The van der Waals surface area contributed by atoms with Gasteiger partial charge in [0.1, 0.15) is 17.1 Å². The molecule has 2 heterocycles. The standard InChI is InChI=1S/C18H22N2O5/c1-17(2,3)16-19-14(20-25-16)9-23-12-6-10(15(21)22)7-13-11(12)8-18(4,5)24-13/h6-7H,8-9H2,1-5H3,(H,21,22). The minimum atomic E-state index is -1.03. The lowest BCUT2D eigenvalue weighted by molar-refractivity contribution is 0.0695. The van der Waals surface area contributed by atoms with Crippen LogP contribution in [0.3, 0.4) is 0 Å². The molecule has 3 rings (SSSR count). The first kappa shape index (κ1) is 17.3. The number of aromatic carboxylic acids is 1. The molecule has 0 atom stereocenters. The smallest absolute Gasteiger partial charge is 0.335 e. The summed E-state index contributed by atoms with van der Waals surface area (Å²) < 4.78 is 16.9. The zero-order chi connectivity index (χ0) is 18.4. The highest BCUT2D eigenvalue weighted by molar-refractivity contribution is 5.89. The lowest BCUT2D eigenvalue weighted by Crippen LogP contribution is -2.24. The molecule has 0 amide bonds. The Labute approximate surface area is 145 Å². The van der Waals surface area contributed by atoms with Crippen molar-refractivity contribution in [1.82, 2.24) is 10.1 Å². The van der Waals surface area contributed by atoms with Gasteiger partial charge in [0.05, 0.1) is 5.56 Å². The number of nitrogens with zero attached hydrogens (tertiary/aromatic N) is 2. The van der Waals surface area contributed by atoms with Gasteiger partial charge in [-0.3, -0.25) is 0 Å². The molecule has 0 saturated heterocycles. The number of rotatable bonds is 4. The van der Waals surface area contributed by atoms with Gasteiger partial charge in [0.25, 0.3) is 0 Å². The molecular weight excluding hydrogens is 324 g/mol. The van der Waals surface area contributed by atoms with Crippen molar-refractivity contribution in [2.75, 3.05) is 0 Å². The zero-order valence-corrected chi connectivity index (χ0v) is 15.0. The van der Waals surface area contributed by atoms with Gasteiger partial charge < -0.3 is 19.1 Å². The van der Waals surface area contributed by atoms with Gasteiger partial charge in [-0.15, -0.1) is 0 Å². The summed E-state index contributed by atoms with van der Waals surface area (Å²) in [6.07, 6.45) is 0.636. The second-order valence-corrected chi connectivity index (χ2v) is 7.85. The lowest BCUT2D eigenvalue weighted by atomic mass is 9.97. The third-order valence-corrected chi connectivity index (χ3v) is 3.87. The number of carboxylic acid groups (broad SMARTS) is 1. The Morgan fingerprint density at radius 1 is 1.36 bits per heavy atom. The average Bonchev–Trinajstić information content (AvgIpc) is 3.06. The largest absolute Gasteiger partial charge is 0.487 e. The van der Waals surface area contributed by atoms with Gasteiger partial charge in [-0.1, -0.05) is 25.9 Å². The first-order valence-corrected chi connectivity index (χ1v) is 8.10. The molecule has 1 aromatic carbocycles. The van der Waals surface area contributed by atoms with E-state index in [0.29, 0.717) is 29.6 Å². The fraction of sp³-hybridized carbons (Fsp3) is 0.500. The Bertz CT molecular complexity index is 817. The third-order valence-electron chi connectivity index (χ3n) is 3.87. The van der Waals surface area contributed by atoms with E-state index in [1.807, 2.05) is 34.6 Å². The SMILES string of the molecule is CC1(C)Cc2c(OCc3noc(C(C)(C)C)n3)cc(C(=O)O)cc2O1. The molecule has 7 heteroatoms. The summed E-state index contributed by atoms with van der Waals surface area (Å²) in [5.41, 5.74) is 0.334. The van der Waals surface area contributed by atoms with E-state index in [1.54, 1.807) is 0 Å². The average molecular weight is 346 g/mol. The highest BCUT2D eigenvalue weighted by Gasteiger charge is 2.34. The fourth-order valence-corrected chi connectivity index (χ4v) is 2.66. The van der Waals surface area contributed by atoms with Gasteiger partial charge in [0, 0.05) is 17.4 Å². The Morgan fingerprint density at radius 2 is 2.08 bits per heavy atom. The van der Waals surface area contributed by atoms with Crippen LogP contribution >= 0.6 is 0 Å². The molecule has 134 valence electrons. The van der Waals surface area contributed by atoms with Gasteiger partial charge in [-0.2, -0.15) is 4.98 Å². The number of ether oxygens (including phenoxy) is 2. The number of fused-ring (bicyclic) bond motifs is 1. The molecule has 0 bridgehead atoms. The van der Waals surface area contributed by atoms with Gasteiger partial charge in [-0.25, -0.2) is 4.79 Å². The second kappa shape index (κ2) is 5.75. The predicted octanol–water partition coefficient (Wildman–Crippen LogP) is 3.36. The van der Waals surface area contributed by atoms with E-state index in [0.717, 1.165) is 5.56 Å². The lowest BCUT2D eigenvalue weighted by Gasteiger charge is -2.16. The van der Waals surface area contributed by atoms with E-state index < -0.39 is 11.6 Å². The van der Waals surface area contributed by atoms with Gasteiger partial charge >= 0.3 is 5.97 Å². The minimum absolute atomic E-state index is 0.0928. The predicted molar refractivity (Wildman–Crippen MR) is 89.1 cm³/mol. The molecule has 0 saturated carbocycles. The molecule has 7 nitrogen and oxygen atoms in total. The maximum absolute atomic E-state index is 11.4. The normalized spacial score (nSPS) is 15.6. The van der Waals surface area contributed by atoms with E-state index in [1.165, 1.54) is 12.1 Å². The fourth-order valence-electron chi connectivity index (χ4n) is 2.66. The van der Waals surface area contributed by atoms with Crippen LogP contribution in [0.2, 0.25) is 0 Å². The molecule has 0 aliphatic carbocycles. The molecule has 1 aliphatic rings. The van der Waals surface area contributed by atoms with Crippen LogP contribution < -0.4 is 9.47 Å². The first-order valence-electron chi connectivity index (χ1n) is 8.10. The van der Waals surface area contributed by atoms with Crippen molar-refractivity contribution in [2.45, 2.75) is 58.7 Å². The number of hydrogen-bond acceptors (Lipinski definition) is 6. The van der Waals surface area contributed by atoms with Crippen LogP contribution in [0.5, 0.6) is 11.5 Å². The summed E-state index contributed by atoms with van der Waals surface area (Å²) in [6, 6.07) is 3.04. The van der Waals surface area contributed by atoms with Crippen molar-refractivity contribution in [2.24, 2.45) is 0 Å². The highest BCUT2D eigenvalue weighted by Crippen LogP contribution is 2.41. The maximum Gasteiger partial charge on any atom is 0.335 e. The van der Waals surface area contributed by atoms with Crippen molar-refractivity contribution >= 4 is 5.97 Å². The first-order chi connectivity index (χ1) is 11.5. The van der Waals surface area contributed by atoms with Crippen LogP contribution in [0.15, 0.2) is 16.7 Å². The highest BCUT2D eigenvalue weighted by atomic mass is 16.5. The molecule has 0 fully saturated rings. The Hall–Kier alpha value is -2.57. The zero-order valence-electron chi connectivity index (χ0n) is 15.0. The molecule has 0 unspecified atom stereocenters. The van der Waals surface area contributed by atoms with Crippen LogP contribution in [0.4, 0.5) is 0 Å². The van der Waals surface area contributed by atoms with E-state index >= 15 is 0 Å². The van der Waals surface area contributed by atoms with E-state index in [-0.39, 0.29) is 17.6 Å². The Morgan fingerprint density at radius 3 is 2.68 bits per heavy atom. The van der Waals surface area contributed by atoms with Gasteiger partial charge in [-0.05, 0) is 26.0 Å². The second-order valence-electron chi connectivity index (χ2n) is 7.85. The van der Waals surface area contributed by atoms with Crippen LogP contribution in [-0.2, 0) is 18.4 Å². The Kier molecular flexibility index (Phi) is 3.97. The summed E-state index contributed by atoms with van der Waals surface area (Å²) in [5.74, 6) is 0.930. The molecule has 0 spiro atoms. The Balaban J connectivity index is 1.85. The van der Waals surface area contributed by atoms with Crippen molar-refractivity contribution < 1.29 is 23.9 Å². The van der Waals surface area contributed by atoms with Crippen LogP contribution in [0.25, 0.3) is 0 Å². The van der Waals surface area contributed by atoms with Crippen LogP contribution in [-0.4, -0.2) is 26.8 Å². The molecule has 1 aromatic heterocycles.